The van der Waals surface area contributed by atoms with Gasteiger partial charge in [0, 0.05) is 41.7 Å². The third-order valence-corrected chi connectivity index (χ3v) is 8.21. The summed E-state index contributed by atoms with van der Waals surface area (Å²) in [5.41, 5.74) is 2.03. The van der Waals surface area contributed by atoms with Crippen LogP contribution < -0.4 is 4.90 Å². The summed E-state index contributed by atoms with van der Waals surface area (Å²) in [5, 5.41) is 0.729. The lowest BCUT2D eigenvalue weighted by molar-refractivity contribution is 0.541. The minimum atomic E-state index is -3.02. The number of pyridine rings is 1. The molecule has 1 aliphatic rings. The molecule has 6 nitrogen and oxygen atoms in total. The number of aryl methyl sites for hydroxylation is 2. The number of hydrogen-bond acceptors (Lipinski definition) is 7. The van der Waals surface area contributed by atoms with Gasteiger partial charge < -0.3 is 4.90 Å². The van der Waals surface area contributed by atoms with Crippen molar-refractivity contribution >= 4 is 37.2 Å². The molecule has 136 valence electrons. The zero-order valence-electron chi connectivity index (χ0n) is 14.9. The number of anilines is 1. The number of nitrogens with zero attached hydrogens (tertiary/aromatic N) is 4. The van der Waals surface area contributed by atoms with Crippen LogP contribution in [0.1, 0.15) is 17.4 Å². The van der Waals surface area contributed by atoms with Crippen LogP contribution in [0.15, 0.2) is 24.5 Å². The molecule has 0 radical (unpaired) electrons. The lowest BCUT2D eigenvalue weighted by Crippen LogP contribution is -2.55. The first kappa shape index (κ1) is 17.4. The van der Waals surface area contributed by atoms with E-state index in [0.717, 1.165) is 21.6 Å². The van der Waals surface area contributed by atoms with Gasteiger partial charge in [0.1, 0.15) is 10.6 Å². The van der Waals surface area contributed by atoms with Crippen molar-refractivity contribution in [2.24, 2.45) is 0 Å². The van der Waals surface area contributed by atoms with Gasteiger partial charge in [-0.2, -0.15) is 0 Å². The van der Waals surface area contributed by atoms with E-state index in [0.29, 0.717) is 18.9 Å². The largest absolute Gasteiger partial charge is 0.353 e. The number of hydrogen-bond donors (Lipinski definition) is 0. The summed E-state index contributed by atoms with van der Waals surface area (Å²) in [4.78, 5) is 17.9. The first-order valence-corrected chi connectivity index (χ1v) is 11.1. The molecule has 4 heterocycles. The molecule has 0 aliphatic carbocycles. The molecule has 1 fully saturated rings. The summed E-state index contributed by atoms with van der Waals surface area (Å²) in [6.07, 6.45) is 3.47. The molecule has 1 saturated heterocycles. The molecule has 0 amide bonds. The van der Waals surface area contributed by atoms with Crippen LogP contribution in [-0.4, -0.2) is 47.5 Å². The highest BCUT2D eigenvalue weighted by Gasteiger charge is 2.38. The topological polar surface area (TPSA) is 76.1 Å². The van der Waals surface area contributed by atoms with E-state index in [2.05, 4.69) is 23.7 Å². The third kappa shape index (κ3) is 2.77. The molecule has 0 unspecified atom stereocenters. The van der Waals surface area contributed by atoms with Crippen molar-refractivity contribution in [1.82, 2.24) is 15.0 Å². The quantitative estimate of drug-likeness (QED) is 0.684. The van der Waals surface area contributed by atoms with Gasteiger partial charge in [0.2, 0.25) is 0 Å². The number of sulfone groups is 1. The van der Waals surface area contributed by atoms with Crippen molar-refractivity contribution in [3.05, 3.63) is 35.0 Å². The SMILES string of the molecule is CCS(=O)(=O)C1CN(c2nc(-c3cccnc3)nc3sc(C)c(C)c23)C1. The van der Waals surface area contributed by atoms with Crippen molar-refractivity contribution in [3.63, 3.8) is 0 Å². The maximum Gasteiger partial charge on any atom is 0.164 e. The molecule has 0 atom stereocenters. The van der Waals surface area contributed by atoms with Gasteiger partial charge in [-0.1, -0.05) is 6.92 Å². The average Bonchev–Trinajstić information content (AvgIpc) is 2.88. The van der Waals surface area contributed by atoms with E-state index in [-0.39, 0.29) is 11.0 Å². The van der Waals surface area contributed by atoms with Gasteiger partial charge in [-0.15, -0.1) is 11.3 Å². The Morgan fingerprint density at radius 1 is 1.27 bits per heavy atom. The predicted molar refractivity (Wildman–Crippen MR) is 106 cm³/mol. The van der Waals surface area contributed by atoms with E-state index in [4.69, 9.17) is 9.97 Å². The fourth-order valence-corrected chi connectivity index (χ4v) is 5.46. The maximum atomic E-state index is 12.1. The maximum absolute atomic E-state index is 12.1. The lowest BCUT2D eigenvalue weighted by atomic mass is 10.1. The normalized spacial score (nSPS) is 15.4. The zero-order valence-corrected chi connectivity index (χ0v) is 16.6. The fraction of sp³-hybridized carbons (Fsp3) is 0.389. The van der Waals surface area contributed by atoms with E-state index in [1.807, 2.05) is 12.1 Å². The van der Waals surface area contributed by atoms with Crippen LogP contribution in [0.5, 0.6) is 0 Å². The molecular weight excluding hydrogens is 368 g/mol. The van der Waals surface area contributed by atoms with Crippen molar-refractivity contribution < 1.29 is 8.42 Å². The highest BCUT2D eigenvalue weighted by molar-refractivity contribution is 7.92. The minimum absolute atomic E-state index is 0.183. The fourth-order valence-electron chi connectivity index (χ4n) is 3.16. The smallest absolute Gasteiger partial charge is 0.164 e. The standard InChI is InChI=1S/C18H20N4O2S2/c1-4-26(23,24)14-9-22(10-14)17-15-11(2)12(3)25-18(15)21-16(20-17)13-6-5-7-19-8-13/h5-8,14H,4,9-10H2,1-3H3. The van der Waals surface area contributed by atoms with E-state index >= 15 is 0 Å². The molecule has 0 saturated carbocycles. The molecule has 0 bridgehead atoms. The number of fused-ring (bicyclic) bond motifs is 1. The van der Waals surface area contributed by atoms with Crippen LogP contribution in [0.4, 0.5) is 5.82 Å². The number of rotatable bonds is 4. The van der Waals surface area contributed by atoms with Crippen LogP contribution in [0.3, 0.4) is 0 Å². The summed E-state index contributed by atoms with van der Waals surface area (Å²) < 4.78 is 24.2. The van der Waals surface area contributed by atoms with Gasteiger partial charge in [-0.05, 0) is 31.5 Å². The van der Waals surface area contributed by atoms with Crippen LogP contribution in [0, 0.1) is 13.8 Å². The molecular formula is C18H20N4O2S2. The highest BCUT2D eigenvalue weighted by atomic mass is 32.2. The Balaban J connectivity index is 1.81. The van der Waals surface area contributed by atoms with Crippen molar-refractivity contribution in [2.75, 3.05) is 23.7 Å². The summed E-state index contributed by atoms with van der Waals surface area (Å²) in [5.74, 6) is 1.64. The monoisotopic (exact) mass is 388 g/mol. The highest BCUT2D eigenvalue weighted by Crippen LogP contribution is 2.38. The second kappa shape index (κ2) is 6.28. The second-order valence-electron chi connectivity index (χ2n) is 6.55. The Hall–Kier alpha value is -2.06. The van der Waals surface area contributed by atoms with Crippen LogP contribution in [-0.2, 0) is 9.84 Å². The van der Waals surface area contributed by atoms with Crippen molar-refractivity contribution in [1.29, 1.82) is 0 Å². The number of aromatic nitrogens is 3. The van der Waals surface area contributed by atoms with Gasteiger partial charge in [0.05, 0.1) is 10.6 Å². The van der Waals surface area contributed by atoms with Crippen molar-refractivity contribution in [3.8, 4) is 11.4 Å². The molecule has 3 aromatic rings. The Bertz CT molecular complexity index is 1070. The second-order valence-corrected chi connectivity index (χ2v) is 10.3. The average molecular weight is 389 g/mol. The summed E-state index contributed by atoms with van der Waals surface area (Å²) >= 11 is 1.65. The zero-order chi connectivity index (χ0) is 18.5. The minimum Gasteiger partial charge on any atom is -0.353 e. The van der Waals surface area contributed by atoms with E-state index in [1.54, 1.807) is 30.7 Å². The van der Waals surface area contributed by atoms with Gasteiger partial charge in [0.25, 0.3) is 0 Å². The third-order valence-electron chi connectivity index (χ3n) is 4.99. The Labute approximate surface area is 156 Å². The van der Waals surface area contributed by atoms with Gasteiger partial charge >= 0.3 is 0 Å². The van der Waals surface area contributed by atoms with Gasteiger partial charge in [-0.3, -0.25) is 4.98 Å². The molecule has 0 N–H and O–H groups in total. The Kier molecular flexibility index (Phi) is 4.19. The van der Waals surface area contributed by atoms with Crippen LogP contribution in [0.25, 0.3) is 21.6 Å². The molecule has 0 spiro atoms. The van der Waals surface area contributed by atoms with Gasteiger partial charge in [-0.25, -0.2) is 18.4 Å². The van der Waals surface area contributed by atoms with E-state index in [9.17, 15) is 8.42 Å². The molecule has 4 rings (SSSR count). The van der Waals surface area contributed by atoms with E-state index in [1.165, 1.54) is 10.4 Å². The number of thiophene rings is 1. The summed E-state index contributed by atoms with van der Waals surface area (Å²) in [7, 11) is -3.02. The molecule has 8 heteroatoms. The Morgan fingerprint density at radius 2 is 2.04 bits per heavy atom. The van der Waals surface area contributed by atoms with Crippen LogP contribution >= 0.6 is 11.3 Å². The lowest BCUT2D eigenvalue weighted by Gasteiger charge is -2.39. The molecule has 1 aliphatic heterocycles. The molecule has 0 aromatic carbocycles. The van der Waals surface area contributed by atoms with Crippen LogP contribution in [0.2, 0.25) is 0 Å². The predicted octanol–water partition coefficient (Wildman–Crippen LogP) is 2.99. The first-order valence-electron chi connectivity index (χ1n) is 8.55. The molecule has 26 heavy (non-hydrogen) atoms. The van der Waals surface area contributed by atoms with Gasteiger partial charge in [0.15, 0.2) is 15.7 Å². The van der Waals surface area contributed by atoms with Crippen molar-refractivity contribution in [2.45, 2.75) is 26.0 Å². The Morgan fingerprint density at radius 3 is 2.69 bits per heavy atom. The molecule has 3 aromatic heterocycles. The first-order chi connectivity index (χ1) is 12.4. The summed E-state index contributed by atoms with van der Waals surface area (Å²) in [6, 6.07) is 3.80. The van der Waals surface area contributed by atoms with E-state index < -0.39 is 9.84 Å². The summed E-state index contributed by atoms with van der Waals surface area (Å²) in [6.45, 7) is 6.83.